The minimum absolute atomic E-state index is 0.820. The van der Waals surface area contributed by atoms with E-state index in [2.05, 4.69) is 31.2 Å². The van der Waals surface area contributed by atoms with Gasteiger partial charge in [-0.3, -0.25) is 0 Å². The smallest absolute Gasteiger partial charge is 0.00672 e. The van der Waals surface area contributed by atoms with Crippen molar-refractivity contribution in [2.24, 2.45) is 5.92 Å². The zero-order chi connectivity index (χ0) is 11.1. The Bertz CT molecular complexity index is 149. The van der Waals surface area contributed by atoms with Gasteiger partial charge in [-0.2, -0.15) is 0 Å². The lowest BCUT2D eigenvalue weighted by molar-refractivity contribution is 0.304. The van der Waals surface area contributed by atoms with Crippen LogP contribution in [0.4, 0.5) is 0 Å². The first-order chi connectivity index (χ1) is 7.18. The third-order valence-corrected chi connectivity index (χ3v) is 3.48. The highest BCUT2D eigenvalue weighted by Gasteiger charge is 2.16. The third kappa shape index (κ3) is 6.16. The quantitative estimate of drug-likeness (QED) is 0.681. The molecule has 0 aromatic heterocycles. The number of unbranched alkanes of at least 4 members (excludes halogenated alkanes) is 1. The minimum atomic E-state index is 0.820. The van der Waals surface area contributed by atoms with Crippen molar-refractivity contribution in [2.75, 3.05) is 27.2 Å². The van der Waals surface area contributed by atoms with Crippen molar-refractivity contribution in [3.05, 3.63) is 0 Å². The van der Waals surface area contributed by atoms with Crippen molar-refractivity contribution in [3.63, 3.8) is 0 Å². The first kappa shape index (κ1) is 13.0. The van der Waals surface area contributed by atoms with E-state index in [1.54, 1.807) is 0 Å². The van der Waals surface area contributed by atoms with Gasteiger partial charge < -0.3 is 10.2 Å². The van der Waals surface area contributed by atoms with Crippen LogP contribution in [0.2, 0.25) is 0 Å². The van der Waals surface area contributed by atoms with E-state index in [0.29, 0.717) is 0 Å². The maximum Gasteiger partial charge on any atom is 0.00672 e. The third-order valence-electron chi connectivity index (χ3n) is 3.48. The molecule has 1 rings (SSSR count). The molecule has 15 heavy (non-hydrogen) atoms. The van der Waals surface area contributed by atoms with Gasteiger partial charge in [-0.15, -0.1) is 0 Å². The topological polar surface area (TPSA) is 15.3 Å². The Morgan fingerprint density at radius 2 is 1.73 bits per heavy atom. The summed E-state index contributed by atoms with van der Waals surface area (Å²) in [7, 11) is 4.30. The molecule has 0 unspecified atom stereocenters. The van der Waals surface area contributed by atoms with Crippen molar-refractivity contribution >= 4 is 0 Å². The minimum Gasteiger partial charge on any atom is -0.314 e. The number of rotatable bonds is 6. The van der Waals surface area contributed by atoms with E-state index in [9.17, 15) is 0 Å². The largest absolute Gasteiger partial charge is 0.314 e. The summed E-state index contributed by atoms with van der Waals surface area (Å²) >= 11 is 0. The molecule has 0 heterocycles. The van der Waals surface area contributed by atoms with Gasteiger partial charge in [0.1, 0.15) is 0 Å². The van der Waals surface area contributed by atoms with E-state index in [-0.39, 0.29) is 0 Å². The molecule has 0 saturated heterocycles. The van der Waals surface area contributed by atoms with E-state index >= 15 is 0 Å². The van der Waals surface area contributed by atoms with Gasteiger partial charge in [0.05, 0.1) is 0 Å². The number of hydrogen-bond donors (Lipinski definition) is 1. The molecule has 0 spiro atoms. The molecule has 0 aromatic carbocycles. The molecule has 0 radical (unpaired) electrons. The number of nitrogens with one attached hydrogen (secondary N) is 1. The van der Waals surface area contributed by atoms with Crippen LogP contribution in [0.15, 0.2) is 0 Å². The van der Waals surface area contributed by atoms with E-state index < -0.39 is 0 Å². The summed E-state index contributed by atoms with van der Waals surface area (Å²) in [6.07, 6.45) is 8.29. The predicted molar refractivity (Wildman–Crippen MR) is 67.2 cm³/mol. The molecule has 0 aromatic rings. The number of nitrogens with zero attached hydrogens (tertiary/aromatic N) is 1. The molecule has 1 aliphatic rings. The van der Waals surface area contributed by atoms with Gasteiger partial charge in [-0.1, -0.05) is 6.92 Å². The molecule has 1 fully saturated rings. The molecule has 2 nitrogen and oxygen atoms in total. The molecule has 2 heteroatoms. The fourth-order valence-electron chi connectivity index (χ4n) is 2.32. The standard InChI is InChI=1S/C13H28N2/c1-12-6-8-13(9-7-12)14-10-4-5-11-15(2)3/h12-14H,4-11H2,1-3H3/t12-,13-. The second kappa shape index (κ2) is 7.24. The van der Waals surface area contributed by atoms with E-state index in [4.69, 9.17) is 0 Å². The zero-order valence-corrected chi connectivity index (χ0v) is 10.8. The highest BCUT2D eigenvalue weighted by Crippen LogP contribution is 2.23. The summed E-state index contributed by atoms with van der Waals surface area (Å²) in [5, 5.41) is 3.70. The average Bonchev–Trinajstić information content (AvgIpc) is 2.20. The average molecular weight is 212 g/mol. The lowest BCUT2D eigenvalue weighted by Gasteiger charge is -2.27. The Labute approximate surface area is 95.4 Å². The molecule has 90 valence electrons. The van der Waals surface area contributed by atoms with Crippen LogP contribution in [-0.4, -0.2) is 38.1 Å². The van der Waals surface area contributed by atoms with Crippen molar-refractivity contribution < 1.29 is 0 Å². The Balaban J connectivity index is 1.91. The van der Waals surface area contributed by atoms with Gasteiger partial charge in [-0.25, -0.2) is 0 Å². The van der Waals surface area contributed by atoms with Crippen LogP contribution >= 0.6 is 0 Å². The summed E-state index contributed by atoms with van der Waals surface area (Å²) in [6.45, 7) is 4.82. The highest BCUT2D eigenvalue weighted by atomic mass is 15.0. The Hall–Kier alpha value is -0.0800. The van der Waals surface area contributed by atoms with Crippen LogP contribution in [0.5, 0.6) is 0 Å². The van der Waals surface area contributed by atoms with Gasteiger partial charge in [0.25, 0.3) is 0 Å². The van der Waals surface area contributed by atoms with Crippen molar-refractivity contribution in [2.45, 2.75) is 51.5 Å². The highest BCUT2D eigenvalue weighted by molar-refractivity contribution is 4.74. The van der Waals surface area contributed by atoms with E-state index in [1.807, 2.05) is 0 Å². The Morgan fingerprint density at radius 3 is 2.33 bits per heavy atom. The predicted octanol–water partition coefficient (Wildman–Crippen LogP) is 2.50. The lowest BCUT2D eigenvalue weighted by atomic mass is 9.87. The van der Waals surface area contributed by atoms with Crippen molar-refractivity contribution in [1.29, 1.82) is 0 Å². The first-order valence-corrected chi connectivity index (χ1v) is 6.56. The summed E-state index contributed by atoms with van der Waals surface area (Å²) in [6, 6.07) is 0.820. The van der Waals surface area contributed by atoms with Crippen LogP contribution in [0.3, 0.4) is 0 Å². The van der Waals surface area contributed by atoms with Crippen LogP contribution in [-0.2, 0) is 0 Å². The van der Waals surface area contributed by atoms with Gasteiger partial charge >= 0.3 is 0 Å². The van der Waals surface area contributed by atoms with Gasteiger partial charge in [0, 0.05) is 6.04 Å². The second-order valence-corrected chi connectivity index (χ2v) is 5.42. The lowest BCUT2D eigenvalue weighted by Crippen LogP contribution is -2.33. The monoisotopic (exact) mass is 212 g/mol. The first-order valence-electron chi connectivity index (χ1n) is 6.56. The fourth-order valence-corrected chi connectivity index (χ4v) is 2.32. The molecular formula is C13H28N2. The molecular weight excluding hydrogens is 184 g/mol. The van der Waals surface area contributed by atoms with Gasteiger partial charge in [0.2, 0.25) is 0 Å². The van der Waals surface area contributed by atoms with E-state index in [1.165, 1.54) is 51.6 Å². The molecule has 0 bridgehead atoms. The van der Waals surface area contributed by atoms with Crippen LogP contribution < -0.4 is 5.32 Å². The molecule has 0 amide bonds. The second-order valence-electron chi connectivity index (χ2n) is 5.42. The molecule has 0 aliphatic heterocycles. The van der Waals surface area contributed by atoms with Gasteiger partial charge in [0.15, 0.2) is 0 Å². The summed E-state index contributed by atoms with van der Waals surface area (Å²) in [5.41, 5.74) is 0. The maximum absolute atomic E-state index is 3.70. The van der Waals surface area contributed by atoms with Crippen LogP contribution in [0.25, 0.3) is 0 Å². The maximum atomic E-state index is 3.70. The molecule has 0 atom stereocenters. The summed E-state index contributed by atoms with van der Waals surface area (Å²) in [5.74, 6) is 0.969. The SMILES string of the molecule is CN(C)CCCCN[C@H]1CC[C@H](C)CC1. The van der Waals surface area contributed by atoms with Crippen molar-refractivity contribution in [3.8, 4) is 0 Å². The van der Waals surface area contributed by atoms with Crippen LogP contribution in [0.1, 0.15) is 45.4 Å². The fraction of sp³-hybridized carbons (Fsp3) is 1.00. The zero-order valence-electron chi connectivity index (χ0n) is 10.8. The normalized spacial score (nSPS) is 27.2. The van der Waals surface area contributed by atoms with Crippen LogP contribution in [0, 0.1) is 5.92 Å². The van der Waals surface area contributed by atoms with Gasteiger partial charge in [-0.05, 0) is 71.6 Å². The Morgan fingerprint density at radius 1 is 1.07 bits per heavy atom. The molecule has 1 aliphatic carbocycles. The summed E-state index contributed by atoms with van der Waals surface area (Å²) < 4.78 is 0. The van der Waals surface area contributed by atoms with E-state index in [0.717, 1.165) is 12.0 Å². The molecule has 1 N–H and O–H groups in total. The Kier molecular flexibility index (Phi) is 6.26. The van der Waals surface area contributed by atoms with Crippen molar-refractivity contribution in [1.82, 2.24) is 10.2 Å². The number of hydrogen-bond acceptors (Lipinski definition) is 2. The molecule has 1 saturated carbocycles. The summed E-state index contributed by atoms with van der Waals surface area (Å²) in [4.78, 5) is 2.27.